The number of para-hydroxylation sites is 1. The lowest BCUT2D eigenvalue weighted by Gasteiger charge is -2.21. The largest absolute Gasteiger partial charge is 0.425 e. The predicted octanol–water partition coefficient (Wildman–Crippen LogP) is 2.57. The monoisotopic (exact) mass is 294 g/mol. The van der Waals surface area contributed by atoms with Crippen molar-refractivity contribution < 1.29 is 14.3 Å². The van der Waals surface area contributed by atoms with Gasteiger partial charge in [0.25, 0.3) is 5.91 Å². The first-order valence-electron chi connectivity index (χ1n) is 6.34. The van der Waals surface area contributed by atoms with E-state index in [2.05, 4.69) is 5.32 Å². The van der Waals surface area contributed by atoms with Gasteiger partial charge in [-0.2, -0.15) is 0 Å². The van der Waals surface area contributed by atoms with Crippen LogP contribution in [0.2, 0.25) is 0 Å². The highest BCUT2D eigenvalue weighted by Crippen LogP contribution is 2.29. The molecule has 1 atom stereocenters. The summed E-state index contributed by atoms with van der Waals surface area (Å²) in [7, 11) is 0. The molecule has 2 rings (SSSR count). The number of thioether (sulfide) groups is 1. The first-order chi connectivity index (χ1) is 9.37. The number of anilines is 1. The van der Waals surface area contributed by atoms with Gasteiger partial charge in [0.15, 0.2) is 0 Å². The molecule has 0 saturated carbocycles. The van der Waals surface area contributed by atoms with E-state index in [1.165, 1.54) is 11.8 Å². The summed E-state index contributed by atoms with van der Waals surface area (Å²) in [6.45, 7) is 5.57. The minimum Gasteiger partial charge on any atom is -0.425 e. The minimum absolute atomic E-state index is 0.203. The highest BCUT2D eigenvalue weighted by atomic mass is 32.2. The maximum Gasteiger partial charge on any atom is 0.409 e. The second-order valence-corrected chi connectivity index (χ2v) is 6.53. The molecule has 6 heteroatoms. The number of benzene rings is 1. The number of ether oxygens (including phenoxy) is 1. The Morgan fingerprint density at radius 1 is 1.35 bits per heavy atom. The smallest absolute Gasteiger partial charge is 0.409 e. The van der Waals surface area contributed by atoms with E-state index in [1.54, 1.807) is 4.90 Å². The van der Waals surface area contributed by atoms with Crippen molar-refractivity contribution in [2.24, 2.45) is 0 Å². The number of carbonyl (C=O) groups excluding carboxylic acids is 2. The van der Waals surface area contributed by atoms with Crippen molar-refractivity contribution in [3.8, 4) is 0 Å². The second-order valence-electron chi connectivity index (χ2n) is 5.51. The van der Waals surface area contributed by atoms with Crippen LogP contribution < -0.4 is 10.2 Å². The van der Waals surface area contributed by atoms with Crippen LogP contribution in [0.3, 0.4) is 0 Å². The topological polar surface area (TPSA) is 58.6 Å². The van der Waals surface area contributed by atoms with Crippen LogP contribution in [0, 0.1) is 0 Å². The van der Waals surface area contributed by atoms with Gasteiger partial charge in [-0.05, 0) is 32.9 Å². The Labute approximate surface area is 122 Å². The van der Waals surface area contributed by atoms with Crippen LogP contribution in [0.5, 0.6) is 0 Å². The van der Waals surface area contributed by atoms with Crippen molar-refractivity contribution in [2.45, 2.75) is 31.7 Å². The molecule has 1 aliphatic heterocycles. The molecule has 1 heterocycles. The van der Waals surface area contributed by atoms with E-state index in [0.717, 1.165) is 5.69 Å². The Kier molecular flexibility index (Phi) is 4.23. The van der Waals surface area contributed by atoms with Gasteiger partial charge in [0.1, 0.15) is 0 Å². The Balaban J connectivity index is 1.97. The molecule has 1 aromatic rings. The van der Waals surface area contributed by atoms with E-state index in [0.29, 0.717) is 5.88 Å². The van der Waals surface area contributed by atoms with Gasteiger partial charge in [-0.1, -0.05) is 30.0 Å². The third kappa shape index (κ3) is 3.66. The average molecular weight is 294 g/mol. The van der Waals surface area contributed by atoms with Crippen LogP contribution in [-0.4, -0.2) is 28.9 Å². The number of amides is 2. The standard InChI is InChI=1S/C14H18N2O3S/c1-14(2,3)15-13(18)19-12-11(17)16(9-20-12)10-7-5-4-6-8-10/h4-8,12H,9H2,1-3H3,(H,15,18). The maximum absolute atomic E-state index is 12.2. The Hall–Kier alpha value is -1.69. The molecule has 1 N–H and O–H groups in total. The highest BCUT2D eigenvalue weighted by Gasteiger charge is 2.36. The molecule has 1 fully saturated rings. The van der Waals surface area contributed by atoms with Gasteiger partial charge in [-0.3, -0.25) is 9.69 Å². The third-order valence-electron chi connectivity index (χ3n) is 2.58. The van der Waals surface area contributed by atoms with E-state index in [1.807, 2.05) is 51.1 Å². The Morgan fingerprint density at radius 3 is 2.60 bits per heavy atom. The molecule has 1 unspecified atom stereocenters. The van der Waals surface area contributed by atoms with Crippen molar-refractivity contribution in [3.63, 3.8) is 0 Å². The van der Waals surface area contributed by atoms with Crippen LogP contribution in [0.25, 0.3) is 0 Å². The first kappa shape index (κ1) is 14.7. The van der Waals surface area contributed by atoms with Gasteiger partial charge in [0, 0.05) is 11.2 Å². The zero-order chi connectivity index (χ0) is 14.8. The number of hydrogen-bond donors (Lipinski definition) is 1. The zero-order valence-electron chi connectivity index (χ0n) is 11.8. The summed E-state index contributed by atoms with van der Waals surface area (Å²) in [6, 6.07) is 9.34. The molecule has 108 valence electrons. The van der Waals surface area contributed by atoms with Gasteiger partial charge in [-0.25, -0.2) is 4.79 Å². The second kappa shape index (κ2) is 5.75. The van der Waals surface area contributed by atoms with Gasteiger partial charge < -0.3 is 10.1 Å². The summed E-state index contributed by atoms with van der Waals surface area (Å²) >= 11 is 1.30. The molecule has 0 aromatic heterocycles. The van der Waals surface area contributed by atoms with E-state index in [4.69, 9.17) is 4.74 Å². The average Bonchev–Trinajstić information content (AvgIpc) is 2.70. The summed E-state index contributed by atoms with van der Waals surface area (Å²) in [5, 5.41) is 2.68. The van der Waals surface area contributed by atoms with E-state index in [-0.39, 0.29) is 11.4 Å². The van der Waals surface area contributed by atoms with E-state index < -0.39 is 11.5 Å². The van der Waals surface area contributed by atoms with E-state index >= 15 is 0 Å². The van der Waals surface area contributed by atoms with Gasteiger partial charge >= 0.3 is 6.09 Å². The lowest BCUT2D eigenvalue weighted by molar-refractivity contribution is -0.122. The quantitative estimate of drug-likeness (QED) is 0.911. The van der Waals surface area contributed by atoms with Crippen molar-refractivity contribution in [3.05, 3.63) is 30.3 Å². The molecule has 0 aliphatic carbocycles. The first-order valence-corrected chi connectivity index (χ1v) is 7.38. The number of nitrogens with one attached hydrogen (secondary N) is 1. The summed E-state index contributed by atoms with van der Waals surface area (Å²) in [5.41, 5.74) is -0.354. The fourth-order valence-electron chi connectivity index (χ4n) is 1.73. The molecule has 2 amide bonds. The fraction of sp³-hybridized carbons (Fsp3) is 0.429. The van der Waals surface area contributed by atoms with Crippen LogP contribution in [-0.2, 0) is 9.53 Å². The van der Waals surface area contributed by atoms with Crippen LogP contribution in [0.1, 0.15) is 20.8 Å². The molecular formula is C14H18N2O3S. The van der Waals surface area contributed by atoms with Crippen LogP contribution >= 0.6 is 11.8 Å². The van der Waals surface area contributed by atoms with Crippen molar-refractivity contribution in [1.29, 1.82) is 0 Å². The Morgan fingerprint density at radius 2 is 2.00 bits per heavy atom. The molecule has 5 nitrogen and oxygen atoms in total. The van der Waals surface area contributed by atoms with E-state index in [9.17, 15) is 9.59 Å². The summed E-state index contributed by atoms with van der Waals surface area (Å²) in [5.74, 6) is 0.279. The molecule has 0 spiro atoms. The van der Waals surface area contributed by atoms with Crippen LogP contribution in [0.4, 0.5) is 10.5 Å². The maximum atomic E-state index is 12.2. The van der Waals surface area contributed by atoms with Gasteiger partial charge in [0.2, 0.25) is 5.44 Å². The molecule has 0 radical (unpaired) electrons. The Bertz CT molecular complexity index is 499. The molecular weight excluding hydrogens is 276 g/mol. The minimum atomic E-state index is -0.780. The van der Waals surface area contributed by atoms with Crippen LogP contribution in [0.15, 0.2) is 30.3 Å². The number of alkyl carbamates (subject to hydrolysis) is 1. The number of rotatable bonds is 2. The number of carbonyl (C=O) groups is 2. The molecule has 0 bridgehead atoms. The lowest BCUT2D eigenvalue weighted by atomic mass is 10.1. The van der Waals surface area contributed by atoms with Crippen molar-refractivity contribution in [2.75, 3.05) is 10.8 Å². The van der Waals surface area contributed by atoms with Gasteiger partial charge in [-0.15, -0.1) is 0 Å². The molecule has 1 aliphatic rings. The normalized spacial score (nSPS) is 19.1. The number of nitrogens with zero attached hydrogens (tertiary/aromatic N) is 1. The molecule has 20 heavy (non-hydrogen) atoms. The summed E-state index contributed by atoms with van der Waals surface area (Å²) in [4.78, 5) is 25.5. The third-order valence-corrected chi connectivity index (χ3v) is 3.59. The lowest BCUT2D eigenvalue weighted by Crippen LogP contribution is -2.43. The van der Waals surface area contributed by atoms with Gasteiger partial charge in [0.05, 0.1) is 5.88 Å². The fourth-order valence-corrected chi connectivity index (χ4v) is 2.72. The molecule has 1 aromatic carbocycles. The molecule has 1 saturated heterocycles. The van der Waals surface area contributed by atoms with Crippen molar-refractivity contribution >= 4 is 29.4 Å². The summed E-state index contributed by atoms with van der Waals surface area (Å²) in [6.07, 6.45) is -0.571. The predicted molar refractivity (Wildman–Crippen MR) is 79.5 cm³/mol. The number of hydrogen-bond acceptors (Lipinski definition) is 4. The summed E-state index contributed by atoms with van der Waals surface area (Å²) < 4.78 is 5.17. The SMILES string of the molecule is CC(C)(C)NC(=O)OC1SCN(c2ccccc2)C1=O. The van der Waals surface area contributed by atoms with Crippen molar-refractivity contribution in [1.82, 2.24) is 5.32 Å². The zero-order valence-corrected chi connectivity index (χ0v) is 12.6. The highest BCUT2D eigenvalue weighted by molar-refractivity contribution is 8.01.